The summed E-state index contributed by atoms with van der Waals surface area (Å²) in [4.78, 5) is 14.5. The van der Waals surface area contributed by atoms with E-state index < -0.39 is 0 Å². The van der Waals surface area contributed by atoms with Crippen LogP contribution in [0.15, 0.2) is 42.5 Å². The van der Waals surface area contributed by atoms with Crippen molar-refractivity contribution in [3.63, 3.8) is 0 Å². The molecule has 2 aromatic carbocycles. The third-order valence-corrected chi connectivity index (χ3v) is 4.73. The first-order valence-corrected chi connectivity index (χ1v) is 7.51. The van der Waals surface area contributed by atoms with Crippen LogP contribution in [0.2, 0.25) is 0 Å². The van der Waals surface area contributed by atoms with Crippen LogP contribution in [0.4, 0.5) is 0 Å². The zero-order valence-corrected chi connectivity index (χ0v) is 12.3. The van der Waals surface area contributed by atoms with Crippen LogP contribution in [0.5, 0.6) is 0 Å². The van der Waals surface area contributed by atoms with Gasteiger partial charge in [0.25, 0.3) is 5.91 Å². The monoisotopic (exact) mass is 287 g/mol. The number of piperidine rings is 1. The van der Waals surface area contributed by atoms with Gasteiger partial charge in [-0.25, -0.2) is 0 Å². The predicted molar refractivity (Wildman–Crippen MR) is 83.3 cm³/mol. The van der Waals surface area contributed by atoms with Crippen LogP contribution >= 0.6 is 11.6 Å². The normalized spacial score (nSPS) is 23.0. The maximum Gasteiger partial charge on any atom is 0.253 e. The van der Waals surface area contributed by atoms with Gasteiger partial charge in [-0.15, -0.1) is 11.6 Å². The number of amides is 1. The maximum atomic E-state index is 12.6. The zero-order valence-electron chi connectivity index (χ0n) is 11.6. The summed E-state index contributed by atoms with van der Waals surface area (Å²) in [6.45, 7) is 3.61. The fourth-order valence-electron chi connectivity index (χ4n) is 2.81. The molecule has 2 unspecified atom stereocenters. The molecule has 3 heteroatoms. The molecule has 1 fully saturated rings. The van der Waals surface area contributed by atoms with Gasteiger partial charge in [-0.3, -0.25) is 4.79 Å². The Bertz CT molecular complexity index is 640. The van der Waals surface area contributed by atoms with Gasteiger partial charge >= 0.3 is 0 Å². The largest absolute Gasteiger partial charge is 0.338 e. The Balaban J connectivity index is 1.85. The van der Waals surface area contributed by atoms with E-state index >= 15 is 0 Å². The minimum Gasteiger partial charge on any atom is -0.338 e. The summed E-state index contributed by atoms with van der Waals surface area (Å²) >= 11 is 6.22. The van der Waals surface area contributed by atoms with Crippen molar-refractivity contribution in [1.82, 2.24) is 4.90 Å². The summed E-state index contributed by atoms with van der Waals surface area (Å²) in [5.41, 5.74) is 0.768. The van der Waals surface area contributed by atoms with Gasteiger partial charge < -0.3 is 4.90 Å². The number of likely N-dealkylation sites (tertiary alicyclic amines) is 1. The van der Waals surface area contributed by atoms with E-state index in [1.165, 1.54) is 0 Å². The number of carbonyl (C=O) groups is 1. The molecular formula is C17H18ClNO. The van der Waals surface area contributed by atoms with Gasteiger partial charge in [0.2, 0.25) is 0 Å². The highest BCUT2D eigenvalue weighted by Gasteiger charge is 2.27. The second kappa shape index (κ2) is 5.45. The van der Waals surface area contributed by atoms with Gasteiger partial charge in [0.15, 0.2) is 0 Å². The molecule has 2 nitrogen and oxygen atoms in total. The minimum atomic E-state index is 0.117. The lowest BCUT2D eigenvalue weighted by atomic mass is 9.98. The number of halogens is 1. The lowest BCUT2D eigenvalue weighted by molar-refractivity contribution is 0.0687. The van der Waals surface area contributed by atoms with E-state index in [9.17, 15) is 4.79 Å². The van der Waals surface area contributed by atoms with Gasteiger partial charge in [-0.05, 0) is 35.2 Å². The van der Waals surface area contributed by atoms with Crippen molar-refractivity contribution in [3.8, 4) is 0 Å². The summed E-state index contributed by atoms with van der Waals surface area (Å²) in [7, 11) is 0. The fraction of sp³-hybridized carbons (Fsp3) is 0.353. The van der Waals surface area contributed by atoms with Crippen LogP contribution in [0, 0.1) is 5.92 Å². The minimum absolute atomic E-state index is 0.117. The summed E-state index contributed by atoms with van der Waals surface area (Å²) in [5.74, 6) is 0.473. The summed E-state index contributed by atoms with van der Waals surface area (Å²) in [5, 5.41) is 2.46. The molecular weight excluding hydrogens is 270 g/mol. The molecule has 104 valence electrons. The summed E-state index contributed by atoms with van der Waals surface area (Å²) < 4.78 is 0. The summed E-state index contributed by atoms with van der Waals surface area (Å²) in [6, 6.07) is 14.0. The Hall–Kier alpha value is -1.54. The van der Waals surface area contributed by atoms with Crippen molar-refractivity contribution in [3.05, 3.63) is 48.0 Å². The molecule has 20 heavy (non-hydrogen) atoms. The van der Waals surface area contributed by atoms with Crippen LogP contribution in [0.1, 0.15) is 23.7 Å². The third kappa shape index (κ3) is 2.53. The SMILES string of the molecule is CC1CN(C(=O)c2ccc3ccccc3c2)CCC1Cl. The number of fused-ring (bicyclic) bond motifs is 1. The molecule has 2 atom stereocenters. The fourth-order valence-corrected chi connectivity index (χ4v) is 2.98. The van der Waals surface area contributed by atoms with Crippen LogP contribution in [-0.2, 0) is 0 Å². The number of alkyl halides is 1. The Kier molecular flexibility index (Phi) is 3.66. The van der Waals surface area contributed by atoms with Gasteiger partial charge in [-0.1, -0.05) is 37.3 Å². The van der Waals surface area contributed by atoms with Gasteiger partial charge in [0.05, 0.1) is 0 Å². The topological polar surface area (TPSA) is 20.3 Å². The first-order valence-electron chi connectivity index (χ1n) is 7.07. The molecule has 2 aromatic rings. The highest BCUT2D eigenvalue weighted by atomic mass is 35.5. The van der Waals surface area contributed by atoms with E-state index in [-0.39, 0.29) is 11.3 Å². The molecule has 0 bridgehead atoms. The average molecular weight is 288 g/mol. The number of carbonyl (C=O) groups excluding carboxylic acids is 1. The Morgan fingerprint density at radius 3 is 2.70 bits per heavy atom. The maximum absolute atomic E-state index is 12.6. The second-order valence-electron chi connectivity index (χ2n) is 5.60. The third-order valence-electron chi connectivity index (χ3n) is 4.08. The van der Waals surface area contributed by atoms with E-state index in [2.05, 4.69) is 13.0 Å². The van der Waals surface area contributed by atoms with Crippen molar-refractivity contribution < 1.29 is 4.79 Å². The number of benzene rings is 2. The van der Waals surface area contributed by atoms with E-state index in [4.69, 9.17) is 11.6 Å². The Morgan fingerprint density at radius 1 is 1.20 bits per heavy atom. The van der Waals surface area contributed by atoms with Crippen molar-refractivity contribution in [2.24, 2.45) is 5.92 Å². The highest BCUT2D eigenvalue weighted by Crippen LogP contribution is 2.24. The predicted octanol–water partition coefficient (Wildman–Crippen LogP) is 3.93. The molecule has 0 spiro atoms. The lowest BCUT2D eigenvalue weighted by Crippen LogP contribution is -2.43. The number of nitrogens with zero attached hydrogens (tertiary/aromatic N) is 1. The zero-order chi connectivity index (χ0) is 14.1. The van der Waals surface area contributed by atoms with E-state index in [1.54, 1.807) is 0 Å². The van der Waals surface area contributed by atoms with Gasteiger partial charge in [-0.2, -0.15) is 0 Å². The quantitative estimate of drug-likeness (QED) is 0.728. The van der Waals surface area contributed by atoms with Crippen molar-refractivity contribution >= 4 is 28.3 Å². The molecule has 0 aromatic heterocycles. The number of hydrogen-bond donors (Lipinski definition) is 0. The Labute approximate surface area is 124 Å². The van der Waals surface area contributed by atoms with E-state index in [1.807, 2.05) is 41.3 Å². The Morgan fingerprint density at radius 2 is 1.95 bits per heavy atom. The van der Waals surface area contributed by atoms with Gasteiger partial charge in [0, 0.05) is 24.0 Å². The van der Waals surface area contributed by atoms with Gasteiger partial charge in [0.1, 0.15) is 0 Å². The molecule has 0 N–H and O–H groups in total. The molecule has 3 rings (SSSR count). The number of hydrogen-bond acceptors (Lipinski definition) is 1. The smallest absolute Gasteiger partial charge is 0.253 e. The second-order valence-corrected chi connectivity index (χ2v) is 6.16. The van der Waals surface area contributed by atoms with Crippen LogP contribution < -0.4 is 0 Å². The van der Waals surface area contributed by atoms with E-state index in [0.29, 0.717) is 5.92 Å². The van der Waals surface area contributed by atoms with Crippen LogP contribution in [0.3, 0.4) is 0 Å². The van der Waals surface area contributed by atoms with Crippen molar-refractivity contribution in [2.75, 3.05) is 13.1 Å². The molecule has 1 saturated heterocycles. The molecule has 1 amide bonds. The van der Waals surface area contributed by atoms with Crippen LogP contribution in [0.25, 0.3) is 10.8 Å². The summed E-state index contributed by atoms with van der Waals surface area (Å²) in [6.07, 6.45) is 0.877. The van der Waals surface area contributed by atoms with E-state index in [0.717, 1.165) is 35.8 Å². The molecule has 1 heterocycles. The first-order chi connectivity index (χ1) is 9.65. The molecule has 1 aliphatic rings. The lowest BCUT2D eigenvalue weighted by Gasteiger charge is -2.34. The molecule has 0 saturated carbocycles. The average Bonchev–Trinajstić information content (AvgIpc) is 2.49. The number of rotatable bonds is 1. The molecule has 0 radical (unpaired) electrons. The standard InChI is InChI=1S/C17H18ClNO/c1-12-11-19(9-8-16(12)18)17(20)15-7-6-13-4-2-3-5-14(13)10-15/h2-7,10,12,16H,8-9,11H2,1H3. The molecule has 1 aliphatic heterocycles. The molecule has 0 aliphatic carbocycles. The highest BCUT2D eigenvalue weighted by molar-refractivity contribution is 6.20. The van der Waals surface area contributed by atoms with Crippen molar-refractivity contribution in [2.45, 2.75) is 18.7 Å². The van der Waals surface area contributed by atoms with Crippen LogP contribution in [-0.4, -0.2) is 29.3 Å². The first kappa shape index (κ1) is 13.4. The van der Waals surface area contributed by atoms with Crippen molar-refractivity contribution in [1.29, 1.82) is 0 Å².